The Labute approximate surface area is 174 Å². The lowest BCUT2D eigenvalue weighted by atomic mass is 9.73. The molecule has 1 saturated carbocycles. The lowest BCUT2D eigenvalue weighted by molar-refractivity contribution is 0.0520. The zero-order valence-corrected chi connectivity index (χ0v) is 16.8. The molecule has 0 saturated heterocycles. The van der Waals surface area contributed by atoms with Gasteiger partial charge in [-0.05, 0) is 48.3 Å². The van der Waals surface area contributed by atoms with E-state index in [9.17, 15) is 0 Å². The van der Waals surface area contributed by atoms with Crippen LogP contribution in [-0.4, -0.2) is 6.10 Å². The average Bonchev–Trinajstić information content (AvgIpc) is 2.81. The molecular formula is C28H28O. The van der Waals surface area contributed by atoms with E-state index in [1.54, 1.807) is 0 Å². The summed E-state index contributed by atoms with van der Waals surface area (Å²) < 4.78 is 6.79. The molecule has 1 fully saturated rings. The molecular weight excluding hydrogens is 352 g/mol. The number of hydrogen-bond acceptors (Lipinski definition) is 1. The third-order valence-corrected chi connectivity index (χ3v) is 6.53. The van der Waals surface area contributed by atoms with Crippen LogP contribution < -0.4 is 0 Å². The van der Waals surface area contributed by atoms with Crippen LogP contribution in [-0.2, 0) is 4.74 Å². The van der Waals surface area contributed by atoms with Gasteiger partial charge in [0.05, 0.1) is 0 Å². The second-order valence-electron chi connectivity index (χ2n) is 8.38. The van der Waals surface area contributed by atoms with Crippen molar-refractivity contribution in [1.82, 2.24) is 0 Å². The Hall–Kier alpha value is -2.80. The first kappa shape index (κ1) is 18.2. The monoisotopic (exact) mass is 380 g/mol. The number of ether oxygens (including phenoxy) is 1. The normalized spacial score (nSPS) is 21.6. The van der Waals surface area contributed by atoms with Crippen molar-refractivity contribution in [1.29, 1.82) is 0 Å². The van der Waals surface area contributed by atoms with Crippen LogP contribution in [0.5, 0.6) is 0 Å². The van der Waals surface area contributed by atoms with Gasteiger partial charge in [0.2, 0.25) is 0 Å². The second kappa shape index (κ2) is 8.29. The topological polar surface area (TPSA) is 9.23 Å². The molecule has 0 bridgehead atoms. The minimum absolute atomic E-state index is 0.232. The molecule has 0 spiro atoms. The van der Waals surface area contributed by atoms with Crippen LogP contribution in [0.3, 0.4) is 0 Å². The van der Waals surface area contributed by atoms with Gasteiger partial charge in [-0.3, -0.25) is 0 Å². The summed E-state index contributed by atoms with van der Waals surface area (Å²) in [6.45, 7) is 0. The van der Waals surface area contributed by atoms with Gasteiger partial charge in [0, 0.05) is 11.5 Å². The summed E-state index contributed by atoms with van der Waals surface area (Å²) in [6.07, 6.45) is 6.60. The molecule has 1 aliphatic heterocycles. The molecule has 5 rings (SSSR count). The summed E-state index contributed by atoms with van der Waals surface area (Å²) in [7, 11) is 0. The summed E-state index contributed by atoms with van der Waals surface area (Å²) in [5, 5.41) is 0. The second-order valence-corrected chi connectivity index (χ2v) is 8.38. The minimum Gasteiger partial charge on any atom is -0.490 e. The van der Waals surface area contributed by atoms with Crippen molar-refractivity contribution in [2.75, 3.05) is 0 Å². The van der Waals surface area contributed by atoms with E-state index in [0.717, 1.165) is 12.2 Å². The van der Waals surface area contributed by atoms with E-state index in [-0.39, 0.29) is 5.92 Å². The van der Waals surface area contributed by atoms with Crippen molar-refractivity contribution in [3.8, 4) is 0 Å². The highest BCUT2D eigenvalue weighted by Crippen LogP contribution is 2.47. The molecule has 3 aromatic carbocycles. The standard InChI is InChI=1S/C28H28O/c1-4-12-21(13-5-1)27(22-14-6-2-7-15-22)25-20-24-18-10-11-19-26(24)29-28(25)23-16-8-3-9-17-23/h1-9,12-17,24,26-27H,10-11,18-20H2/t24-,26+/m1/s1. The SMILES string of the molecule is c1ccc(C2=C(C(c3ccccc3)c3ccccc3)C[C@H]3CCCC[C@@H]3O2)cc1. The molecule has 1 heteroatoms. The van der Waals surface area contributed by atoms with Gasteiger partial charge in [0.1, 0.15) is 11.9 Å². The molecule has 3 aromatic rings. The van der Waals surface area contributed by atoms with E-state index in [2.05, 4.69) is 91.0 Å². The predicted octanol–water partition coefficient (Wildman–Crippen LogP) is 7.21. The molecule has 1 nitrogen and oxygen atoms in total. The van der Waals surface area contributed by atoms with E-state index in [1.807, 2.05) is 0 Å². The molecule has 2 aliphatic rings. The van der Waals surface area contributed by atoms with Crippen LogP contribution in [0.15, 0.2) is 96.6 Å². The zero-order valence-electron chi connectivity index (χ0n) is 16.8. The van der Waals surface area contributed by atoms with E-state index in [1.165, 1.54) is 47.9 Å². The molecule has 0 amide bonds. The Bertz CT molecular complexity index is 919. The highest BCUT2D eigenvalue weighted by Gasteiger charge is 2.37. The Morgan fingerprint density at radius 1 is 0.655 bits per heavy atom. The van der Waals surface area contributed by atoms with Crippen molar-refractivity contribution in [3.63, 3.8) is 0 Å². The van der Waals surface area contributed by atoms with Gasteiger partial charge in [-0.15, -0.1) is 0 Å². The van der Waals surface area contributed by atoms with Crippen LogP contribution in [0.1, 0.15) is 54.7 Å². The summed E-state index contributed by atoms with van der Waals surface area (Å²) in [5.74, 6) is 1.99. The molecule has 0 aromatic heterocycles. The zero-order chi connectivity index (χ0) is 19.5. The Morgan fingerprint density at radius 3 is 1.83 bits per heavy atom. The number of hydrogen-bond donors (Lipinski definition) is 0. The highest BCUT2D eigenvalue weighted by molar-refractivity contribution is 5.67. The number of fused-ring (bicyclic) bond motifs is 1. The molecule has 1 aliphatic carbocycles. The highest BCUT2D eigenvalue weighted by atomic mass is 16.5. The maximum absolute atomic E-state index is 6.79. The maximum Gasteiger partial charge on any atom is 0.127 e. The van der Waals surface area contributed by atoms with Gasteiger partial charge in [-0.1, -0.05) is 97.4 Å². The van der Waals surface area contributed by atoms with Crippen LogP contribution >= 0.6 is 0 Å². The van der Waals surface area contributed by atoms with Gasteiger partial charge in [0.25, 0.3) is 0 Å². The molecule has 0 N–H and O–H groups in total. The van der Waals surface area contributed by atoms with E-state index >= 15 is 0 Å². The molecule has 146 valence electrons. The predicted molar refractivity (Wildman–Crippen MR) is 120 cm³/mol. The maximum atomic E-state index is 6.79. The Morgan fingerprint density at radius 2 is 1.21 bits per heavy atom. The summed E-state index contributed by atoms with van der Waals surface area (Å²) in [4.78, 5) is 0. The first-order valence-electron chi connectivity index (χ1n) is 10.9. The van der Waals surface area contributed by atoms with Gasteiger partial charge in [-0.25, -0.2) is 0 Å². The fourth-order valence-electron chi connectivity index (χ4n) is 5.14. The fourth-order valence-corrected chi connectivity index (χ4v) is 5.14. The van der Waals surface area contributed by atoms with Gasteiger partial charge >= 0.3 is 0 Å². The lowest BCUT2D eigenvalue weighted by Crippen LogP contribution is -2.33. The van der Waals surface area contributed by atoms with Gasteiger partial charge < -0.3 is 4.74 Å². The summed E-state index contributed by atoms with van der Waals surface area (Å²) in [6, 6.07) is 32.6. The Balaban J connectivity index is 1.69. The smallest absolute Gasteiger partial charge is 0.127 e. The molecule has 1 heterocycles. The average molecular weight is 381 g/mol. The van der Waals surface area contributed by atoms with Gasteiger partial charge in [-0.2, -0.15) is 0 Å². The molecule has 0 radical (unpaired) electrons. The van der Waals surface area contributed by atoms with Crippen LogP contribution in [0.4, 0.5) is 0 Å². The fraction of sp³-hybridized carbons (Fsp3) is 0.286. The first-order valence-corrected chi connectivity index (χ1v) is 10.9. The quantitative estimate of drug-likeness (QED) is 0.465. The summed E-state index contributed by atoms with van der Waals surface area (Å²) in [5.41, 5.74) is 5.35. The van der Waals surface area contributed by atoms with E-state index in [4.69, 9.17) is 4.74 Å². The van der Waals surface area contributed by atoms with Crippen molar-refractivity contribution in [2.24, 2.45) is 5.92 Å². The molecule has 0 unspecified atom stereocenters. The van der Waals surface area contributed by atoms with Crippen molar-refractivity contribution < 1.29 is 4.74 Å². The van der Waals surface area contributed by atoms with Crippen molar-refractivity contribution in [2.45, 2.75) is 44.1 Å². The van der Waals surface area contributed by atoms with Crippen LogP contribution in [0.2, 0.25) is 0 Å². The third kappa shape index (κ3) is 3.74. The molecule has 2 atom stereocenters. The third-order valence-electron chi connectivity index (χ3n) is 6.53. The Kier molecular flexibility index (Phi) is 5.21. The first-order chi connectivity index (χ1) is 14.4. The number of rotatable bonds is 4. The van der Waals surface area contributed by atoms with E-state index < -0.39 is 0 Å². The molecule has 29 heavy (non-hydrogen) atoms. The van der Waals surface area contributed by atoms with Crippen molar-refractivity contribution >= 4 is 5.76 Å². The lowest BCUT2D eigenvalue weighted by Gasteiger charge is -2.40. The summed E-state index contributed by atoms with van der Waals surface area (Å²) >= 11 is 0. The minimum atomic E-state index is 0.232. The van der Waals surface area contributed by atoms with Crippen molar-refractivity contribution in [3.05, 3.63) is 113 Å². The number of allylic oxidation sites excluding steroid dienone is 1. The number of benzene rings is 3. The largest absolute Gasteiger partial charge is 0.490 e. The van der Waals surface area contributed by atoms with Gasteiger partial charge in [0.15, 0.2) is 0 Å². The van der Waals surface area contributed by atoms with Crippen LogP contribution in [0.25, 0.3) is 5.76 Å². The van der Waals surface area contributed by atoms with Crippen LogP contribution in [0, 0.1) is 5.92 Å². The van der Waals surface area contributed by atoms with E-state index in [0.29, 0.717) is 12.0 Å².